The molecule has 10 heteroatoms. The van der Waals surface area contributed by atoms with Gasteiger partial charge in [0.25, 0.3) is 5.91 Å². The van der Waals surface area contributed by atoms with Crippen molar-refractivity contribution in [3.05, 3.63) is 35.8 Å². The van der Waals surface area contributed by atoms with Crippen molar-refractivity contribution >= 4 is 34.4 Å². The second kappa shape index (κ2) is 9.09. The van der Waals surface area contributed by atoms with Gasteiger partial charge in [-0.15, -0.1) is 0 Å². The van der Waals surface area contributed by atoms with Gasteiger partial charge in [0.1, 0.15) is 5.82 Å². The van der Waals surface area contributed by atoms with E-state index >= 15 is 0 Å². The van der Waals surface area contributed by atoms with Crippen molar-refractivity contribution in [2.24, 2.45) is 0 Å². The summed E-state index contributed by atoms with van der Waals surface area (Å²) >= 11 is 0. The zero-order chi connectivity index (χ0) is 24.7. The van der Waals surface area contributed by atoms with Crippen LogP contribution >= 0.6 is 0 Å². The molecule has 2 N–H and O–H groups in total. The Labute approximate surface area is 203 Å². The smallest absolute Gasteiger partial charge is 0.289 e. The van der Waals surface area contributed by atoms with Crippen molar-refractivity contribution in [1.29, 1.82) is 0 Å². The van der Waals surface area contributed by atoms with Gasteiger partial charge in [0.15, 0.2) is 28.8 Å². The summed E-state index contributed by atoms with van der Waals surface area (Å²) in [5.74, 6) is 2.04. The SMILES string of the molecule is COc1cc2nc(N3CCN(C(=O)c4ccc(C(C)=O)o4)[C@H]4CCCC[C@H]43)nc(N)c2cc1OC. The number of nitrogens with two attached hydrogens (primary N) is 1. The minimum atomic E-state index is -0.204. The summed E-state index contributed by atoms with van der Waals surface area (Å²) in [4.78, 5) is 38.4. The number of hydrogen-bond donors (Lipinski definition) is 1. The van der Waals surface area contributed by atoms with Crippen LogP contribution in [0.4, 0.5) is 11.8 Å². The van der Waals surface area contributed by atoms with Crippen LogP contribution in [0.2, 0.25) is 0 Å². The van der Waals surface area contributed by atoms with E-state index in [1.165, 1.54) is 6.92 Å². The number of fused-ring (bicyclic) bond motifs is 2. The Morgan fingerprint density at radius 2 is 1.69 bits per heavy atom. The van der Waals surface area contributed by atoms with Crippen LogP contribution in [0.3, 0.4) is 0 Å². The Morgan fingerprint density at radius 3 is 2.37 bits per heavy atom. The highest BCUT2D eigenvalue weighted by Crippen LogP contribution is 2.37. The number of carbonyl (C=O) groups is 2. The van der Waals surface area contributed by atoms with E-state index in [0.717, 1.165) is 25.7 Å². The molecule has 0 spiro atoms. The van der Waals surface area contributed by atoms with Crippen LogP contribution in [0.15, 0.2) is 28.7 Å². The molecule has 1 saturated heterocycles. The number of rotatable bonds is 5. The van der Waals surface area contributed by atoms with Gasteiger partial charge in [0.2, 0.25) is 5.95 Å². The Kier molecular flexibility index (Phi) is 5.96. The number of ketones is 1. The van der Waals surface area contributed by atoms with Crippen LogP contribution in [-0.4, -0.2) is 66.0 Å². The number of nitrogens with zero attached hydrogens (tertiary/aromatic N) is 4. The van der Waals surface area contributed by atoms with Gasteiger partial charge >= 0.3 is 0 Å². The predicted octanol–water partition coefficient (Wildman–Crippen LogP) is 3.30. The molecule has 2 atom stereocenters. The van der Waals surface area contributed by atoms with Crippen molar-refractivity contribution in [1.82, 2.24) is 14.9 Å². The summed E-state index contributed by atoms with van der Waals surface area (Å²) in [6.45, 7) is 2.47. The van der Waals surface area contributed by atoms with E-state index in [-0.39, 0.29) is 35.3 Å². The first-order valence-electron chi connectivity index (χ1n) is 11.8. The molecule has 1 saturated carbocycles. The molecule has 3 aromatic rings. The molecule has 0 unspecified atom stereocenters. The zero-order valence-electron chi connectivity index (χ0n) is 20.1. The standard InChI is InChI=1S/C25H29N5O5/c1-14(31)19-8-9-20(35-19)24(32)29-10-11-30(18-7-5-4-6-17(18)29)25-27-16-13-22(34-3)21(33-2)12-15(16)23(26)28-25/h8-9,12-13,17-18H,4-7,10-11H2,1-3H3,(H2,26,27,28)/t17-,18+/m0/s1. The molecule has 35 heavy (non-hydrogen) atoms. The molecule has 0 radical (unpaired) electrons. The lowest BCUT2D eigenvalue weighted by molar-refractivity contribution is 0.0507. The first-order chi connectivity index (χ1) is 16.9. The van der Waals surface area contributed by atoms with E-state index in [2.05, 4.69) is 9.88 Å². The van der Waals surface area contributed by atoms with Gasteiger partial charge in [-0.2, -0.15) is 4.98 Å². The van der Waals surface area contributed by atoms with Crippen LogP contribution in [-0.2, 0) is 0 Å². The highest BCUT2D eigenvalue weighted by atomic mass is 16.5. The van der Waals surface area contributed by atoms with Crippen LogP contribution < -0.4 is 20.1 Å². The molecule has 0 bridgehead atoms. The van der Waals surface area contributed by atoms with Crippen molar-refractivity contribution in [3.8, 4) is 11.5 Å². The first kappa shape index (κ1) is 22.9. The highest BCUT2D eigenvalue weighted by molar-refractivity contribution is 5.96. The number of aromatic nitrogens is 2. The molecule has 184 valence electrons. The van der Waals surface area contributed by atoms with E-state index in [0.29, 0.717) is 47.3 Å². The lowest BCUT2D eigenvalue weighted by atomic mass is 9.86. The lowest BCUT2D eigenvalue weighted by Crippen LogP contribution is -2.62. The van der Waals surface area contributed by atoms with Gasteiger partial charge in [0, 0.05) is 31.5 Å². The van der Waals surface area contributed by atoms with Gasteiger partial charge < -0.3 is 29.4 Å². The number of hydrogen-bond acceptors (Lipinski definition) is 9. The fraction of sp³-hybridized carbons (Fsp3) is 0.440. The number of ether oxygens (including phenoxy) is 2. The van der Waals surface area contributed by atoms with Crippen molar-refractivity contribution in [2.75, 3.05) is 37.9 Å². The van der Waals surface area contributed by atoms with Crippen LogP contribution in [0.5, 0.6) is 11.5 Å². The minimum Gasteiger partial charge on any atom is -0.493 e. The molecule has 1 aliphatic carbocycles. The number of furan rings is 1. The normalized spacial score (nSPS) is 20.0. The van der Waals surface area contributed by atoms with E-state index in [1.807, 2.05) is 4.90 Å². The first-order valence-corrected chi connectivity index (χ1v) is 11.8. The number of piperazine rings is 1. The molecular weight excluding hydrogens is 450 g/mol. The van der Waals surface area contributed by atoms with Crippen molar-refractivity contribution < 1.29 is 23.5 Å². The molecule has 1 aromatic carbocycles. The van der Waals surface area contributed by atoms with E-state index in [1.54, 1.807) is 38.5 Å². The van der Waals surface area contributed by atoms with E-state index < -0.39 is 0 Å². The molecular formula is C25H29N5O5. The third kappa shape index (κ3) is 4.02. The number of methoxy groups -OCH3 is 2. The third-order valence-electron chi connectivity index (χ3n) is 6.98. The summed E-state index contributed by atoms with van der Waals surface area (Å²) in [6.07, 6.45) is 3.89. The molecule has 2 aliphatic rings. The summed E-state index contributed by atoms with van der Waals surface area (Å²) in [6, 6.07) is 6.77. The Bertz CT molecular complexity index is 1290. The number of anilines is 2. The fourth-order valence-corrected chi connectivity index (χ4v) is 5.25. The monoisotopic (exact) mass is 479 g/mol. The summed E-state index contributed by atoms with van der Waals surface area (Å²) in [5.41, 5.74) is 7.02. The number of nitrogen functional groups attached to an aromatic ring is 1. The van der Waals surface area contributed by atoms with E-state index in [9.17, 15) is 9.59 Å². The largest absolute Gasteiger partial charge is 0.493 e. The van der Waals surface area contributed by atoms with Gasteiger partial charge in [-0.25, -0.2) is 4.98 Å². The van der Waals surface area contributed by atoms with Gasteiger partial charge in [0.05, 0.1) is 31.8 Å². The topological polar surface area (TPSA) is 124 Å². The van der Waals surface area contributed by atoms with Gasteiger partial charge in [-0.3, -0.25) is 9.59 Å². The number of Topliss-reactive ketones (excluding diaryl/α,β-unsaturated/α-hetero) is 1. The second-order valence-corrected chi connectivity index (χ2v) is 8.96. The molecule has 2 fully saturated rings. The summed E-state index contributed by atoms with van der Waals surface area (Å²) in [5, 5.41) is 0.694. The third-order valence-corrected chi connectivity index (χ3v) is 6.98. The Hall–Kier alpha value is -3.82. The minimum absolute atomic E-state index is 0.0122. The van der Waals surface area contributed by atoms with Crippen LogP contribution in [0.25, 0.3) is 10.9 Å². The number of carbonyl (C=O) groups excluding carboxylic acids is 2. The highest BCUT2D eigenvalue weighted by Gasteiger charge is 2.42. The zero-order valence-corrected chi connectivity index (χ0v) is 20.1. The maximum absolute atomic E-state index is 13.3. The van der Waals surface area contributed by atoms with Crippen molar-refractivity contribution in [3.63, 3.8) is 0 Å². The second-order valence-electron chi connectivity index (χ2n) is 8.96. The molecule has 5 rings (SSSR count). The van der Waals surface area contributed by atoms with Gasteiger partial charge in [-0.1, -0.05) is 12.8 Å². The van der Waals surface area contributed by atoms with Gasteiger partial charge in [-0.05, 0) is 31.0 Å². The van der Waals surface area contributed by atoms with Crippen LogP contribution in [0, 0.1) is 0 Å². The number of benzene rings is 1. The quantitative estimate of drug-likeness (QED) is 0.549. The summed E-state index contributed by atoms with van der Waals surface area (Å²) < 4.78 is 16.4. The molecule has 1 aliphatic heterocycles. The fourth-order valence-electron chi connectivity index (χ4n) is 5.25. The number of amides is 1. The molecule has 1 amide bonds. The summed E-state index contributed by atoms with van der Waals surface area (Å²) in [7, 11) is 3.15. The maximum atomic E-state index is 13.3. The Morgan fingerprint density at radius 1 is 1.00 bits per heavy atom. The van der Waals surface area contributed by atoms with Crippen molar-refractivity contribution in [2.45, 2.75) is 44.7 Å². The predicted molar refractivity (Wildman–Crippen MR) is 130 cm³/mol. The molecule has 10 nitrogen and oxygen atoms in total. The lowest BCUT2D eigenvalue weighted by Gasteiger charge is -2.49. The molecule has 3 heterocycles. The average molecular weight is 480 g/mol. The molecule has 2 aromatic heterocycles. The average Bonchev–Trinajstić information content (AvgIpc) is 3.37. The Balaban J connectivity index is 1.47. The van der Waals surface area contributed by atoms with Crippen LogP contribution in [0.1, 0.15) is 53.7 Å². The maximum Gasteiger partial charge on any atom is 0.289 e. The van der Waals surface area contributed by atoms with E-state index in [4.69, 9.17) is 24.6 Å².